The molecule has 6 nitrogen and oxygen atoms in total. The molecule has 3 N–H and O–H groups in total. The van der Waals surface area contributed by atoms with Crippen LogP contribution in [0.4, 0.5) is 4.79 Å². The molecule has 2 amide bonds. The largest absolute Gasteiger partial charge is 0.465 e. The molecule has 0 saturated heterocycles. The SMILES string of the molecule is O=C(O)NCC(=O)N(CCc1ccccc1)Cc1cccc(CO)c1. The topological polar surface area (TPSA) is 89.9 Å². The third kappa shape index (κ3) is 6.27. The number of aliphatic hydroxyl groups excluding tert-OH is 1. The first-order chi connectivity index (χ1) is 12.1. The summed E-state index contributed by atoms with van der Waals surface area (Å²) in [5.74, 6) is -0.285. The summed E-state index contributed by atoms with van der Waals surface area (Å²) in [5.41, 5.74) is 2.77. The Morgan fingerprint density at radius 2 is 1.64 bits per heavy atom. The van der Waals surface area contributed by atoms with Gasteiger partial charge in [-0.05, 0) is 23.1 Å². The van der Waals surface area contributed by atoms with Crippen molar-refractivity contribution in [2.24, 2.45) is 0 Å². The second-order valence-electron chi connectivity index (χ2n) is 5.69. The molecule has 2 aromatic rings. The van der Waals surface area contributed by atoms with E-state index in [9.17, 15) is 14.7 Å². The molecule has 0 bridgehead atoms. The molecule has 0 aliphatic rings. The van der Waals surface area contributed by atoms with Gasteiger partial charge in [0.1, 0.15) is 6.54 Å². The van der Waals surface area contributed by atoms with Crippen molar-refractivity contribution in [3.8, 4) is 0 Å². The maximum absolute atomic E-state index is 12.4. The van der Waals surface area contributed by atoms with Crippen molar-refractivity contribution in [1.29, 1.82) is 0 Å². The third-order valence-corrected chi connectivity index (χ3v) is 3.80. The predicted octanol–water partition coefficient (Wildman–Crippen LogP) is 2.02. The Labute approximate surface area is 146 Å². The minimum atomic E-state index is -1.22. The molecule has 2 aromatic carbocycles. The lowest BCUT2D eigenvalue weighted by Crippen LogP contribution is -2.40. The highest BCUT2D eigenvalue weighted by Gasteiger charge is 2.15. The number of carboxylic acid groups (broad SMARTS) is 1. The Morgan fingerprint density at radius 3 is 2.32 bits per heavy atom. The van der Waals surface area contributed by atoms with Crippen molar-refractivity contribution in [3.63, 3.8) is 0 Å². The third-order valence-electron chi connectivity index (χ3n) is 3.80. The maximum Gasteiger partial charge on any atom is 0.405 e. The molecule has 0 atom stereocenters. The molecule has 25 heavy (non-hydrogen) atoms. The van der Waals surface area contributed by atoms with Gasteiger partial charge >= 0.3 is 6.09 Å². The molecule has 132 valence electrons. The molecule has 0 aliphatic carbocycles. The van der Waals surface area contributed by atoms with Crippen molar-refractivity contribution in [1.82, 2.24) is 10.2 Å². The first-order valence-corrected chi connectivity index (χ1v) is 8.05. The van der Waals surface area contributed by atoms with Crippen LogP contribution in [0, 0.1) is 0 Å². The maximum atomic E-state index is 12.4. The van der Waals surface area contributed by atoms with E-state index in [1.807, 2.05) is 54.6 Å². The molecule has 0 fully saturated rings. The van der Waals surface area contributed by atoms with Crippen LogP contribution in [-0.2, 0) is 24.4 Å². The first-order valence-electron chi connectivity index (χ1n) is 8.05. The lowest BCUT2D eigenvalue weighted by molar-refractivity contribution is -0.130. The summed E-state index contributed by atoms with van der Waals surface area (Å²) >= 11 is 0. The summed E-state index contributed by atoms with van der Waals surface area (Å²) in [5, 5.41) is 20.1. The summed E-state index contributed by atoms with van der Waals surface area (Å²) in [6.07, 6.45) is -0.544. The number of hydrogen-bond acceptors (Lipinski definition) is 3. The highest BCUT2D eigenvalue weighted by atomic mass is 16.4. The number of aliphatic hydroxyl groups is 1. The van der Waals surface area contributed by atoms with E-state index in [1.54, 1.807) is 4.90 Å². The Bertz CT molecular complexity index is 704. The number of benzene rings is 2. The normalized spacial score (nSPS) is 10.3. The number of carbonyl (C=O) groups is 2. The van der Waals surface area contributed by atoms with E-state index < -0.39 is 6.09 Å². The van der Waals surface area contributed by atoms with E-state index in [-0.39, 0.29) is 19.1 Å². The zero-order valence-electron chi connectivity index (χ0n) is 13.9. The summed E-state index contributed by atoms with van der Waals surface area (Å²) in [4.78, 5) is 24.6. The standard InChI is InChI=1S/C19H22N2O4/c22-14-17-8-4-7-16(11-17)13-21(18(23)12-20-19(24)25)10-9-15-5-2-1-3-6-15/h1-8,11,20,22H,9-10,12-14H2,(H,24,25). The quantitative estimate of drug-likeness (QED) is 0.685. The second-order valence-corrected chi connectivity index (χ2v) is 5.69. The van der Waals surface area contributed by atoms with Crippen molar-refractivity contribution in [2.45, 2.75) is 19.6 Å². The van der Waals surface area contributed by atoms with Crippen LogP contribution in [0.5, 0.6) is 0 Å². The van der Waals surface area contributed by atoms with E-state index in [1.165, 1.54) is 0 Å². The highest BCUT2D eigenvalue weighted by molar-refractivity contribution is 5.81. The van der Waals surface area contributed by atoms with Crippen molar-refractivity contribution < 1.29 is 19.8 Å². The molecule has 0 saturated carbocycles. The van der Waals surface area contributed by atoms with Gasteiger partial charge in [0.05, 0.1) is 6.61 Å². The number of nitrogens with zero attached hydrogens (tertiary/aromatic N) is 1. The average molecular weight is 342 g/mol. The number of nitrogens with one attached hydrogen (secondary N) is 1. The Kier molecular flexibility index (Phi) is 6.98. The summed E-state index contributed by atoms with van der Waals surface area (Å²) < 4.78 is 0. The zero-order chi connectivity index (χ0) is 18.1. The Hall–Kier alpha value is -2.86. The van der Waals surface area contributed by atoms with E-state index in [2.05, 4.69) is 5.32 Å². The van der Waals surface area contributed by atoms with Gasteiger partial charge in [-0.15, -0.1) is 0 Å². The van der Waals surface area contributed by atoms with Crippen LogP contribution in [0.1, 0.15) is 16.7 Å². The molecule has 0 radical (unpaired) electrons. The fraction of sp³-hybridized carbons (Fsp3) is 0.263. The molecule has 0 aliphatic heterocycles. The molecule has 0 spiro atoms. The van der Waals surface area contributed by atoms with Crippen molar-refractivity contribution in [3.05, 3.63) is 71.3 Å². The highest BCUT2D eigenvalue weighted by Crippen LogP contribution is 2.10. The van der Waals surface area contributed by atoms with Crippen LogP contribution in [0.2, 0.25) is 0 Å². The summed E-state index contributed by atoms with van der Waals surface area (Å²) in [6, 6.07) is 17.2. The van der Waals surface area contributed by atoms with Crippen LogP contribution in [0.3, 0.4) is 0 Å². The smallest absolute Gasteiger partial charge is 0.405 e. The molecule has 6 heteroatoms. The van der Waals surface area contributed by atoms with Crippen LogP contribution in [-0.4, -0.2) is 40.2 Å². The minimum Gasteiger partial charge on any atom is -0.465 e. The fourth-order valence-corrected chi connectivity index (χ4v) is 2.51. The molecule has 0 unspecified atom stereocenters. The monoisotopic (exact) mass is 342 g/mol. The lowest BCUT2D eigenvalue weighted by Gasteiger charge is -2.23. The van der Waals surface area contributed by atoms with Crippen LogP contribution >= 0.6 is 0 Å². The predicted molar refractivity (Wildman–Crippen MR) is 94.0 cm³/mol. The van der Waals surface area contributed by atoms with Gasteiger partial charge < -0.3 is 20.4 Å². The number of amides is 2. The van der Waals surface area contributed by atoms with Crippen LogP contribution < -0.4 is 5.32 Å². The van der Waals surface area contributed by atoms with Crippen molar-refractivity contribution in [2.75, 3.05) is 13.1 Å². The summed E-state index contributed by atoms with van der Waals surface area (Å²) in [6.45, 7) is 0.518. The van der Waals surface area contributed by atoms with E-state index in [0.29, 0.717) is 19.5 Å². The van der Waals surface area contributed by atoms with Gasteiger partial charge in [0.15, 0.2) is 0 Å². The van der Waals surface area contributed by atoms with Gasteiger partial charge in [-0.25, -0.2) is 4.79 Å². The fourth-order valence-electron chi connectivity index (χ4n) is 2.51. The van der Waals surface area contributed by atoms with Crippen molar-refractivity contribution >= 4 is 12.0 Å². The van der Waals surface area contributed by atoms with E-state index in [0.717, 1.165) is 16.7 Å². The number of hydrogen-bond donors (Lipinski definition) is 3. The first kappa shape index (κ1) is 18.5. The van der Waals surface area contributed by atoms with Gasteiger partial charge in [-0.1, -0.05) is 54.6 Å². The van der Waals surface area contributed by atoms with Gasteiger partial charge in [0.25, 0.3) is 0 Å². The number of rotatable bonds is 8. The lowest BCUT2D eigenvalue weighted by atomic mass is 10.1. The van der Waals surface area contributed by atoms with Gasteiger partial charge in [0, 0.05) is 13.1 Å². The molecular formula is C19H22N2O4. The van der Waals surface area contributed by atoms with E-state index in [4.69, 9.17) is 5.11 Å². The van der Waals surface area contributed by atoms with E-state index >= 15 is 0 Å². The van der Waals surface area contributed by atoms with Gasteiger partial charge in [0.2, 0.25) is 5.91 Å². The van der Waals surface area contributed by atoms with Crippen LogP contribution in [0.15, 0.2) is 54.6 Å². The molecule has 0 aromatic heterocycles. The van der Waals surface area contributed by atoms with Gasteiger partial charge in [-0.3, -0.25) is 4.79 Å². The zero-order valence-corrected chi connectivity index (χ0v) is 13.9. The van der Waals surface area contributed by atoms with Gasteiger partial charge in [-0.2, -0.15) is 0 Å². The Balaban J connectivity index is 2.07. The number of carbonyl (C=O) groups excluding carboxylic acids is 1. The summed E-state index contributed by atoms with van der Waals surface area (Å²) in [7, 11) is 0. The Morgan fingerprint density at radius 1 is 0.960 bits per heavy atom. The minimum absolute atomic E-state index is 0.0631. The molecule has 2 rings (SSSR count). The molecule has 0 heterocycles. The van der Waals surface area contributed by atoms with Crippen LogP contribution in [0.25, 0.3) is 0 Å². The average Bonchev–Trinajstić information content (AvgIpc) is 2.64. The second kappa shape index (κ2) is 9.44. The molecular weight excluding hydrogens is 320 g/mol.